The van der Waals surface area contributed by atoms with Crippen LogP contribution in [-0.4, -0.2) is 39.3 Å². The van der Waals surface area contributed by atoms with Crippen LogP contribution in [-0.2, 0) is 0 Å². The lowest BCUT2D eigenvalue weighted by Gasteiger charge is -2.27. The van der Waals surface area contributed by atoms with Gasteiger partial charge in [-0.1, -0.05) is 30.3 Å². The summed E-state index contributed by atoms with van der Waals surface area (Å²) in [6.07, 6.45) is 0. The van der Waals surface area contributed by atoms with Gasteiger partial charge in [-0.3, -0.25) is 0 Å². The van der Waals surface area contributed by atoms with Crippen LogP contribution in [0.25, 0.3) is 0 Å². The van der Waals surface area contributed by atoms with Crippen LogP contribution in [0.3, 0.4) is 0 Å². The first-order chi connectivity index (χ1) is 17.0. The van der Waals surface area contributed by atoms with Gasteiger partial charge in [0.15, 0.2) is 0 Å². The molecule has 0 fully saturated rings. The van der Waals surface area contributed by atoms with E-state index in [9.17, 15) is 0 Å². The molecule has 3 rings (SSSR count). The van der Waals surface area contributed by atoms with Crippen LogP contribution in [0.2, 0.25) is 0 Å². The van der Waals surface area contributed by atoms with Crippen molar-refractivity contribution in [2.75, 3.05) is 54.0 Å². The molecule has 3 heteroatoms. The molecule has 3 aromatic rings. The molecular weight excluding hydrogens is 426 g/mol. The first-order valence-electron chi connectivity index (χ1n) is 13.6. The maximum absolute atomic E-state index is 2.42. The molecule has 0 spiro atoms. The van der Waals surface area contributed by atoms with Crippen LogP contribution < -0.4 is 14.7 Å². The van der Waals surface area contributed by atoms with Crippen molar-refractivity contribution in [3.63, 3.8) is 0 Å². The molecule has 0 heterocycles. The summed E-state index contributed by atoms with van der Waals surface area (Å²) in [5, 5.41) is 0. The van der Waals surface area contributed by atoms with Crippen LogP contribution in [0.5, 0.6) is 0 Å². The maximum Gasteiger partial charge on any atom is 0.0368 e. The van der Waals surface area contributed by atoms with Gasteiger partial charge in [0.1, 0.15) is 0 Å². The number of benzene rings is 3. The first-order valence-corrected chi connectivity index (χ1v) is 13.6. The Morgan fingerprint density at radius 3 is 1.17 bits per heavy atom. The number of nitrogens with zero attached hydrogens (tertiary/aromatic N) is 3. The number of aryl methyl sites for hydroxylation is 1. The zero-order valence-corrected chi connectivity index (χ0v) is 23.0. The summed E-state index contributed by atoms with van der Waals surface area (Å²) in [6.45, 7) is 21.8. The van der Waals surface area contributed by atoms with Crippen molar-refractivity contribution < 1.29 is 0 Å². The molecule has 0 aliphatic carbocycles. The van der Waals surface area contributed by atoms with Gasteiger partial charge >= 0.3 is 0 Å². The van der Waals surface area contributed by atoms with E-state index in [4.69, 9.17) is 0 Å². The monoisotopic (exact) mass is 471 g/mol. The second-order valence-corrected chi connectivity index (χ2v) is 9.17. The summed E-state index contributed by atoms with van der Waals surface area (Å²) in [7, 11) is 0. The lowest BCUT2D eigenvalue weighted by Crippen LogP contribution is -2.22. The van der Waals surface area contributed by atoms with Crippen molar-refractivity contribution in [2.45, 2.75) is 54.4 Å². The molecule has 0 saturated heterocycles. The van der Waals surface area contributed by atoms with Crippen LogP contribution in [0.4, 0.5) is 17.1 Å². The van der Waals surface area contributed by atoms with Crippen molar-refractivity contribution in [3.05, 3.63) is 89.0 Å². The van der Waals surface area contributed by atoms with Gasteiger partial charge in [-0.15, -0.1) is 0 Å². The molecule has 0 radical (unpaired) electrons. The third-order valence-electron chi connectivity index (χ3n) is 7.40. The summed E-state index contributed by atoms with van der Waals surface area (Å²) in [5.74, 6) is 0.206. The molecule has 0 amide bonds. The van der Waals surface area contributed by atoms with E-state index in [1.165, 1.54) is 39.3 Å². The lowest BCUT2D eigenvalue weighted by atomic mass is 9.82. The Morgan fingerprint density at radius 2 is 0.829 bits per heavy atom. The highest BCUT2D eigenvalue weighted by atomic mass is 15.1. The van der Waals surface area contributed by atoms with E-state index < -0.39 is 0 Å². The Labute approximate surface area is 214 Å². The van der Waals surface area contributed by atoms with Crippen molar-refractivity contribution in [1.29, 1.82) is 0 Å². The normalized spacial score (nSPS) is 11.1. The van der Waals surface area contributed by atoms with Crippen molar-refractivity contribution >= 4 is 17.1 Å². The van der Waals surface area contributed by atoms with Crippen LogP contribution in [0.1, 0.15) is 69.7 Å². The number of rotatable bonds is 12. The first kappa shape index (κ1) is 26.7. The molecule has 0 unspecified atom stereocenters. The molecule has 3 nitrogen and oxygen atoms in total. The highest BCUT2D eigenvalue weighted by Crippen LogP contribution is 2.37. The summed E-state index contributed by atoms with van der Waals surface area (Å²) in [5.41, 5.74) is 9.31. The fourth-order valence-electron chi connectivity index (χ4n) is 5.25. The molecule has 0 saturated carbocycles. The Hall–Kier alpha value is -2.94. The lowest BCUT2D eigenvalue weighted by molar-refractivity contribution is 0.859. The number of hydrogen-bond donors (Lipinski definition) is 0. The minimum atomic E-state index is 0.206. The molecule has 0 aliphatic rings. The van der Waals surface area contributed by atoms with Crippen molar-refractivity contribution in [1.82, 2.24) is 0 Å². The summed E-state index contributed by atoms with van der Waals surface area (Å²) >= 11 is 0. The average Bonchev–Trinajstić information content (AvgIpc) is 2.89. The van der Waals surface area contributed by atoms with E-state index in [1.807, 2.05) is 0 Å². The minimum Gasteiger partial charge on any atom is -0.372 e. The molecule has 3 aromatic carbocycles. The topological polar surface area (TPSA) is 9.72 Å². The van der Waals surface area contributed by atoms with Crippen molar-refractivity contribution in [3.8, 4) is 0 Å². The van der Waals surface area contributed by atoms with E-state index >= 15 is 0 Å². The van der Waals surface area contributed by atoms with Crippen molar-refractivity contribution in [2.24, 2.45) is 0 Å². The highest BCUT2D eigenvalue weighted by Gasteiger charge is 2.20. The van der Waals surface area contributed by atoms with Crippen LogP contribution in [0.15, 0.2) is 66.7 Å². The van der Waals surface area contributed by atoms with E-state index in [1.54, 1.807) is 0 Å². The molecule has 0 aromatic heterocycles. The molecular formula is C32H45N3. The largest absolute Gasteiger partial charge is 0.372 e. The predicted molar refractivity (Wildman–Crippen MR) is 156 cm³/mol. The number of anilines is 3. The van der Waals surface area contributed by atoms with Gasteiger partial charge in [0, 0.05) is 62.2 Å². The fourth-order valence-corrected chi connectivity index (χ4v) is 5.25. The van der Waals surface area contributed by atoms with Gasteiger partial charge in [0.25, 0.3) is 0 Å². The SMILES string of the molecule is CCN(CC)c1ccc(C(c2ccc(N(CC)CC)cc2)c2ccc(N(CC)CC)cc2C)cc1. The van der Waals surface area contributed by atoms with E-state index in [0.29, 0.717) is 0 Å². The van der Waals surface area contributed by atoms with Gasteiger partial charge in [0.05, 0.1) is 0 Å². The molecule has 0 N–H and O–H groups in total. The summed E-state index contributed by atoms with van der Waals surface area (Å²) in [6, 6.07) is 25.5. The quantitative estimate of drug-likeness (QED) is 0.250. The third kappa shape index (κ3) is 6.01. The second kappa shape index (κ2) is 12.7. The zero-order valence-electron chi connectivity index (χ0n) is 23.0. The molecule has 0 aliphatic heterocycles. The highest BCUT2D eigenvalue weighted by molar-refractivity contribution is 5.58. The third-order valence-corrected chi connectivity index (χ3v) is 7.40. The average molecular weight is 472 g/mol. The minimum absolute atomic E-state index is 0.206. The van der Waals surface area contributed by atoms with E-state index in [2.05, 4.69) is 130 Å². The fraction of sp³-hybridized carbons (Fsp3) is 0.438. The van der Waals surface area contributed by atoms with Gasteiger partial charge in [-0.25, -0.2) is 0 Å². The van der Waals surface area contributed by atoms with Gasteiger partial charge in [-0.05, 0) is 107 Å². The Bertz CT molecular complexity index is 972. The van der Waals surface area contributed by atoms with Gasteiger partial charge < -0.3 is 14.7 Å². The van der Waals surface area contributed by atoms with Gasteiger partial charge in [-0.2, -0.15) is 0 Å². The van der Waals surface area contributed by atoms with E-state index in [0.717, 1.165) is 39.3 Å². The molecule has 0 bridgehead atoms. The van der Waals surface area contributed by atoms with Crippen LogP contribution in [0, 0.1) is 6.92 Å². The smallest absolute Gasteiger partial charge is 0.0368 e. The predicted octanol–water partition coefficient (Wildman–Crippen LogP) is 7.71. The summed E-state index contributed by atoms with van der Waals surface area (Å²) in [4.78, 5) is 7.23. The summed E-state index contributed by atoms with van der Waals surface area (Å²) < 4.78 is 0. The Kier molecular flexibility index (Phi) is 9.65. The van der Waals surface area contributed by atoms with E-state index in [-0.39, 0.29) is 5.92 Å². The Morgan fingerprint density at radius 1 is 0.486 bits per heavy atom. The number of hydrogen-bond acceptors (Lipinski definition) is 3. The molecule has 0 atom stereocenters. The molecule has 188 valence electrons. The molecule has 35 heavy (non-hydrogen) atoms. The second-order valence-electron chi connectivity index (χ2n) is 9.17. The zero-order chi connectivity index (χ0) is 25.4. The standard InChI is InChI=1S/C32H45N3/c1-8-33(9-2)28-18-14-26(15-19-28)32(27-16-20-29(21-17-27)34(10-3)11-4)31-23-22-30(24-25(31)7)35(12-5)13-6/h14-24,32H,8-13H2,1-7H3. The van der Waals surface area contributed by atoms with Crippen LogP contribution >= 0.6 is 0 Å². The van der Waals surface area contributed by atoms with Gasteiger partial charge in [0.2, 0.25) is 0 Å². The maximum atomic E-state index is 2.42. The Balaban J connectivity index is 2.08.